The minimum Gasteiger partial charge on any atom is -0.493 e. The van der Waals surface area contributed by atoms with Crippen molar-refractivity contribution in [3.8, 4) is 11.5 Å². The number of rotatable bonds is 7. The molecular weight excluding hydrogens is 314 g/mol. The number of hydrogen-bond donors (Lipinski definition) is 1. The van der Waals surface area contributed by atoms with Gasteiger partial charge in [-0.1, -0.05) is 24.3 Å². The average Bonchev–Trinajstić information content (AvgIpc) is 2.59. The number of aliphatic carboxylic acids is 1. The molecule has 0 heterocycles. The molecule has 24 heavy (non-hydrogen) atoms. The van der Waals surface area contributed by atoms with E-state index in [-0.39, 0.29) is 12.1 Å². The Labute approximate surface area is 138 Å². The van der Waals surface area contributed by atoms with Crippen LogP contribution in [0.4, 0.5) is 5.69 Å². The number of methoxy groups -OCH3 is 2. The van der Waals surface area contributed by atoms with Crippen LogP contribution in [0.2, 0.25) is 0 Å². The molecule has 0 aliphatic rings. The van der Waals surface area contributed by atoms with Gasteiger partial charge in [0, 0.05) is 11.6 Å². The van der Waals surface area contributed by atoms with Crippen molar-refractivity contribution in [3.63, 3.8) is 0 Å². The van der Waals surface area contributed by atoms with E-state index in [9.17, 15) is 20.0 Å². The van der Waals surface area contributed by atoms with E-state index in [2.05, 4.69) is 0 Å². The van der Waals surface area contributed by atoms with E-state index in [4.69, 9.17) is 9.47 Å². The second-order valence-corrected chi connectivity index (χ2v) is 5.10. The van der Waals surface area contributed by atoms with Gasteiger partial charge in [0.05, 0.1) is 25.1 Å². The Bertz CT molecular complexity index is 758. The number of benzene rings is 2. The molecule has 0 aromatic heterocycles. The van der Waals surface area contributed by atoms with Crippen molar-refractivity contribution in [2.24, 2.45) is 0 Å². The summed E-state index contributed by atoms with van der Waals surface area (Å²) in [6.07, 6.45) is 0.00195. The van der Waals surface area contributed by atoms with Crippen LogP contribution in [-0.4, -0.2) is 30.2 Å². The fourth-order valence-electron chi connectivity index (χ4n) is 2.50. The first-order valence-electron chi connectivity index (χ1n) is 7.15. The van der Waals surface area contributed by atoms with Crippen LogP contribution in [0.3, 0.4) is 0 Å². The van der Waals surface area contributed by atoms with Crippen molar-refractivity contribution in [1.82, 2.24) is 0 Å². The van der Waals surface area contributed by atoms with Crippen LogP contribution in [0.25, 0.3) is 0 Å². The van der Waals surface area contributed by atoms with Crippen molar-refractivity contribution < 1.29 is 24.3 Å². The van der Waals surface area contributed by atoms with Gasteiger partial charge in [-0.15, -0.1) is 0 Å². The Morgan fingerprint density at radius 2 is 1.83 bits per heavy atom. The zero-order valence-corrected chi connectivity index (χ0v) is 13.3. The lowest BCUT2D eigenvalue weighted by Gasteiger charge is -2.15. The number of carboxylic acid groups (broad SMARTS) is 1. The lowest BCUT2D eigenvalue weighted by molar-refractivity contribution is -0.385. The molecule has 0 radical (unpaired) electrons. The van der Waals surface area contributed by atoms with Crippen LogP contribution in [0, 0.1) is 10.1 Å². The molecule has 0 saturated heterocycles. The van der Waals surface area contributed by atoms with Crippen molar-refractivity contribution >= 4 is 11.7 Å². The first-order valence-corrected chi connectivity index (χ1v) is 7.15. The van der Waals surface area contributed by atoms with Gasteiger partial charge < -0.3 is 14.6 Å². The van der Waals surface area contributed by atoms with Crippen molar-refractivity contribution in [2.45, 2.75) is 12.3 Å². The first-order chi connectivity index (χ1) is 11.5. The summed E-state index contributed by atoms with van der Waals surface area (Å²) in [5.41, 5.74) is 0.757. The van der Waals surface area contributed by atoms with E-state index in [1.54, 1.807) is 36.4 Å². The standard InChI is InChI=1S/C17H17NO6/c1-23-15-8-7-11(10-16(15)24-2)13(17(19)20)9-12-5-3-4-6-14(12)18(21)22/h3-8,10,13H,9H2,1-2H3,(H,19,20). The topological polar surface area (TPSA) is 98.9 Å². The van der Waals surface area contributed by atoms with Gasteiger partial charge in [-0.05, 0) is 24.1 Å². The summed E-state index contributed by atoms with van der Waals surface area (Å²) >= 11 is 0. The van der Waals surface area contributed by atoms with Crippen LogP contribution < -0.4 is 9.47 Å². The summed E-state index contributed by atoms with van der Waals surface area (Å²) in [4.78, 5) is 22.3. The Hall–Kier alpha value is -3.09. The molecule has 1 atom stereocenters. The van der Waals surface area contributed by atoms with Crippen LogP contribution >= 0.6 is 0 Å². The fourth-order valence-corrected chi connectivity index (χ4v) is 2.50. The molecule has 0 saturated carbocycles. The van der Waals surface area contributed by atoms with Gasteiger partial charge >= 0.3 is 5.97 Å². The highest BCUT2D eigenvalue weighted by Crippen LogP contribution is 2.33. The van der Waals surface area contributed by atoms with Crippen molar-refractivity contribution in [1.29, 1.82) is 0 Å². The number of ether oxygens (including phenoxy) is 2. The second-order valence-electron chi connectivity index (χ2n) is 5.10. The Morgan fingerprint density at radius 3 is 2.42 bits per heavy atom. The van der Waals surface area contributed by atoms with E-state index in [0.717, 1.165) is 0 Å². The first kappa shape index (κ1) is 17.3. The van der Waals surface area contributed by atoms with Gasteiger partial charge in [0.2, 0.25) is 0 Å². The lowest BCUT2D eigenvalue weighted by Crippen LogP contribution is -2.15. The Balaban J connectivity index is 2.41. The predicted molar refractivity (Wildman–Crippen MR) is 86.7 cm³/mol. The van der Waals surface area contributed by atoms with E-state index in [1.165, 1.54) is 20.3 Å². The minimum atomic E-state index is -1.07. The summed E-state index contributed by atoms with van der Waals surface area (Å²) in [6, 6.07) is 10.9. The van der Waals surface area contributed by atoms with Crippen LogP contribution in [0.5, 0.6) is 11.5 Å². The molecule has 0 bridgehead atoms. The Kier molecular flexibility index (Phi) is 5.36. The number of nitro benzene ring substituents is 1. The molecule has 0 aliphatic carbocycles. The molecule has 2 aromatic carbocycles. The maximum atomic E-state index is 11.7. The highest BCUT2D eigenvalue weighted by molar-refractivity contribution is 5.77. The summed E-state index contributed by atoms with van der Waals surface area (Å²) in [6.45, 7) is 0. The lowest BCUT2D eigenvalue weighted by atomic mass is 9.91. The van der Waals surface area contributed by atoms with Crippen LogP contribution in [0.1, 0.15) is 17.0 Å². The van der Waals surface area contributed by atoms with Gasteiger partial charge in [-0.2, -0.15) is 0 Å². The fraction of sp³-hybridized carbons (Fsp3) is 0.235. The number of carbonyl (C=O) groups is 1. The zero-order valence-electron chi connectivity index (χ0n) is 13.3. The molecule has 126 valence electrons. The van der Waals surface area contributed by atoms with E-state index in [0.29, 0.717) is 22.6 Å². The predicted octanol–water partition coefficient (Wildman–Crippen LogP) is 3.02. The third-order valence-electron chi connectivity index (χ3n) is 3.72. The van der Waals surface area contributed by atoms with Gasteiger partial charge in [0.15, 0.2) is 11.5 Å². The van der Waals surface area contributed by atoms with E-state index < -0.39 is 16.8 Å². The molecule has 0 amide bonds. The second kappa shape index (κ2) is 7.45. The van der Waals surface area contributed by atoms with Gasteiger partial charge in [-0.25, -0.2) is 0 Å². The maximum Gasteiger partial charge on any atom is 0.311 e. The van der Waals surface area contributed by atoms with E-state index >= 15 is 0 Å². The number of hydrogen-bond acceptors (Lipinski definition) is 5. The summed E-state index contributed by atoms with van der Waals surface area (Å²) in [7, 11) is 2.94. The van der Waals surface area contributed by atoms with Gasteiger partial charge in [0.25, 0.3) is 5.69 Å². The van der Waals surface area contributed by atoms with Crippen LogP contribution in [-0.2, 0) is 11.2 Å². The monoisotopic (exact) mass is 331 g/mol. The number of nitro groups is 1. The molecule has 2 aromatic rings. The smallest absolute Gasteiger partial charge is 0.311 e. The number of para-hydroxylation sites is 1. The average molecular weight is 331 g/mol. The Morgan fingerprint density at radius 1 is 1.17 bits per heavy atom. The molecule has 0 aliphatic heterocycles. The summed E-state index contributed by atoms with van der Waals surface area (Å²) in [5, 5.41) is 20.7. The molecule has 1 N–H and O–H groups in total. The number of nitrogens with zero attached hydrogens (tertiary/aromatic N) is 1. The third kappa shape index (κ3) is 3.62. The van der Waals surface area contributed by atoms with Crippen molar-refractivity contribution in [3.05, 3.63) is 63.7 Å². The molecule has 1 unspecified atom stereocenters. The van der Waals surface area contributed by atoms with Crippen LogP contribution in [0.15, 0.2) is 42.5 Å². The molecule has 7 heteroatoms. The summed E-state index contributed by atoms with van der Waals surface area (Å²) in [5.74, 6) is -1.12. The normalized spacial score (nSPS) is 11.6. The van der Waals surface area contributed by atoms with Crippen molar-refractivity contribution in [2.75, 3.05) is 14.2 Å². The molecular formula is C17H17NO6. The highest BCUT2D eigenvalue weighted by Gasteiger charge is 2.25. The number of carboxylic acids is 1. The zero-order chi connectivity index (χ0) is 17.7. The van der Waals surface area contributed by atoms with Gasteiger partial charge in [-0.3, -0.25) is 14.9 Å². The van der Waals surface area contributed by atoms with E-state index in [1.807, 2.05) is 0 Å². The quantitative estimate of drug-likeness (QED) is 0.618. The largest absolute Gasteiger partial charge is 0.493 e. The molecule has 0 spiro atoms. The third-order valence-corrected chi connectivity index (χ3v) is 3.72. The summed E-state index contributed by atoms with van der Waals surface area (Å²) < 4.78 is 10.3. The SMILES string of the molecule is COc1ccc(C(Cc2ccccc2[N+](=O)[O-])C(=O)O)cc1OC. The molecule has 0 fully saturated rings. The molecule has 7 nitrogen and oxygen atoms in total. The van der Waals surface area contributed by atoms with Gasteiger partial charge in [0.1, 0.15) is 0 Å². The highest BCUT2D eigenvalue weighted by atomic mass is 16.6. The molecule has 2 rings (SSSR count). The minimum absolute atomic E-state index is 0.00195. The maximum absolute atomic E-state index is 11.7.